The van der Waals surface area contributed by atoms with Crippen LogP contribution in [0.5, 0.6) is 6.01 Å². The van der Waals surface area contributed by atoms with E-state index in [1.165, 1.54) is 5.56 Å². The summed E-state index contributed by atoms with van der Waals surface area (Å²) >= 11 is 0. The van der Waals surface area contributed by atoms with Gasteiger partial charge in [0.05, 0.1) is 13.2 Å². The number of hydrogen-bond donors (Lipinski definition) is 2. The minimum absolute atomic E-state index is 0.0364. The molecular formula is C24H35N7O3. The molecule has 34 heavy (non-hydrogen) atoms. The highest BCUT2D eigenvalue weighted by Crippen LogP contribution is 2.37. The Hall–Kier alpha value is -2.98. The molecule has 0 spiro atoms. The van der Waals surface area contributed by atoms with E-state index in [0.717, 1.165) is 51.5 Å². The number of amides is 1. The van der Waals surface area contributed by atoms with Gasteiger partial charge in [-0.2, -0.15) is 15.0 Å². The van der Waals surface area contributed by atoms with Crippen LogP contribution < -0.4 is 20.3 Å². The molecule has 2 unspecified atom stereocenters. The smallest absolute Gasteiger partial charge is 0.322 e. The molecule has 1 aromatic carbocycles. The number of anilines is 3. The lowest BCUT2D eigenvalue weighted by atomic mass is 9.98. The first-order valence-corrected chi connectivity index (χ1v) is 12.1. The maximum Gasteiger partial charge on any atom is 0.322 e. The van der Waals surface area contributed by atoms with Crippen LogP contribution in [-0.4, -0.2) is 84.8 Å². The number of benzene rings is 1. The average molecular weight is 470 g/mol. The van der Waals surface area contributed by atoms with Crippen molar-refractivity contribution >= 4 is 23.2 Å². The van der Waals surface area contributed by atoms with Crippen molar-refractivity contribution in [2.45, 2.75) is 39.2 Å². The van der Waals surface area contributed by atoms with Crippen molar-refractivity contribution in [3.05, 3.63) is 29.6 Å². The van der Waals surface area contributed by atoms with E-state index in [4.69, 9.17) is 9.47 Å². The highest BCUT2D eigenvalue weighted by Gasteiger charge is 2.25. The van der Waals surface area contributed by atoms with E-state index in [2.05, 4.69) is 51.3 Å². The number of fused-ring (bicyclic) bond motifs is 1. The third-order valence-corrected chi connectivity index (χ3v) is 6.38. The van der Waals surface area contributed by atoms with Crippen LogP contribution in [0.3, 0.4) is 0 Å². The van der Waals surface area contributed by atoms with E-state index in [9.17, 15) is 4.79 Å². The quantitative estimate of drug-likeness (QED) is 0.573. The molecule has 1 saturated heterocycles. The Kier molecular flexibility index (Phi) is 7.79. The number of morpholine rings is 1. The molecule has 2 atom stereocenters. The van der Waals surface area contributed by atoms with Gasteiger partial charge in [0, 0.05) is 56.6 Å². The Morgan fingerprint density at radius 1 is 1.26 bits per heavy atom. The molecule has 0 radical (unpaired) electrons. The second kappa shape index (κ2) is 11.0. The molecular weight excluding hydrogens is 434 g/mol. The van der Waals surface area contributed by atoms with E-state index in [1.54, 1.807) is 0 Å². The summed E-state index contributed by atoms with van der Waals surface area (Å²) in [5.74, 6) is 0.432. The monoisotopic (exact) mass is 469 g/mol. The highest BCUT2D eigenvalue weighted by molar-refractivity contribution is 6.02. The molecule has 1 aromatic heterocycles. The summed E-state index contributed by atoms with van der Waals surface area (Å²) in [5, 5.41) is 6.40. The van der Waals surface area contributed by atoms with Crippen molar-refractivity contribution in [1.82, 2.24) is 19.9 Å². The lowest BCUT2D eigenvalue weighted by Crippen LogP contribution is -2.38. The van der Waals surface area contributed by atoms with Gasteiger partial charge in [-0.1, -0.05) is 13.8 Å². The van der Waals surface area contributed by atoms with Crippen LogP contribution in [-0.2, 0) is 4.74 Å². The third kappa shape index (κ3) is 5.74. The van der Waals surface area contributed by atoms with Crippen molar-refractivity contribution in [2.24, 2.45) is 0 Å². The first-order chi connectivity index (χ1) is 16.4. The van der Waals surface area contributed by atoms with Gasteiger partial charge in [-0.15, -0.1) is 0 Å². The zero-order valence-corrected chi connectivity index (χ0v) is 20.5. The Morgan fingerprint density at radius 3 is 2.82 bits per heavy atom. The number of rotatable bonds is 9. The lowest BCUT2D eigenvalue weighted by molar-refractivity contribution is 0.0317. The van der Waals surface area contributed by atoms with Gasteiger partial charge in [-0.05, 0) is 37.1 Å². The standard InChI is InChI=1S/C24H35N7O3/c1-5-8-30(4)23-27-21(28-24(29-23)34-14-11-31-9-12-33-13-10-31)22(32)26-18-6-7-20-19(15-18)16(2)17(3)25-20/h6-7,15-17,25H,5,8-14H2,1-4H3,(H,26,32). The zero-order valence-electron chi connectivity index (χ0n) is 20.5. The van der Waals surface area contributed by atoms with Crippen molar-refractivity contribution in [3.8, 4) is 6.01 Å². The Balaban J connectivity index is 1.48. The number of ether oxygens (including phenoxy) is 2. The van der Waals surface area contributed by atoms with Crippen molar-refractivity contribution in [3.63, 3.8) is 0 Å². The molecule has 0 saturated carbocycles. The number of nitrogens with one attached hydrogen (secondary N) is 2. The van der Waals surface area contributed by atoms with E-state index in [1.807, 2.05) is 30.1 Å². The predicted molar refractivity (Wildman–Crippen MR) is 132 cm³/mol. The first kappa shape index (κ1) is 24.2. The minimum atomic E-state index is -0.391. The fourth-order valence-electron chi connectivity index (χ4n) is 4.18. The molecule has 0 aliphatic carbocycles. The molecule has 4 rings (SSSR count). The first-order valence-electron chi connectivity index (χ1n) is 12.1. The molecule has 10 heteroatoms. The fraction of sp³-hybridized carbons (Fsp3) is 0.583. The average Bonchev–Trinajstić information content (AvgIpc) is 3.12. The second-order valence-corrected chi connectivity index (χ2v) is 8.94. The predicted octanol–water partition coefficient (Wildman–Crippen LogP) is 2.60. The van der Waals surface area contributed by atoms with E-state index in [-0.39, 0.29) is 11.8 Å². The van der Waals surface area contributed by atoms with Crippen LogP contribution >= 0.6 is 0 Å². The molecule has 0 bridgehead atoms. The summed E-state index contributed by atoms with van der Waals surface area (Å²) in [6.45, 7) is 11.6. The van der Waals surface area contributed by atoms with Crippen LogP contribution in [0.2, 0.25) is 0 Å². The fourth-order valence-corrected chi connectivity index (χ4v) is 4.18. The van der Waals surface area contributed by atoms with Gasteiger partial charge in [0.25, 0.3) is 5.91 Å². The Bertz CT molecular complexity index is 997. The van der Waals surface area contributed by atoms with E-state index >= 15 is 0 Å². The maximum atomic E-state index is 13.1. The molecule has 1 fully saturated rings. The van der Waals surface area contributed by atoms with Crippen molar-refractivity contribution in [1.29, 1.82) is 0 Å². The summed E-state index contributed by atoms with van der Waals surface area (Å²) in [5.41, 5.74) is 3.01. The van der Waals surface area contributed by atoms with Crippen molar-refractivity contribution < 1.29 is 14.3 Å². The van der Waals surface area contributed by atoms with Gasteiger partial charge >= 0.3 is 6.01 Å². The second-order valence-electron chi connectivity index (χ2n) is 8.94. The normalized spacial score (nSPS) is 19.9. The Morgan fingerprint density at radius 2 is 2.06 bits per heavy atom. The topological polar surface area (TPSA) is 105 Å². The maximum absolute atomic E-state index is 13.1. The lowest BCUT2D eigenvalue weighted by Gasteiger charge is -2.26. The molecule has 2 aliphatic heterocycles. The SMILES string of the molecule is CCCN(C)c1nc(OCCN2CCOCC2)nc(C(=O)Nc2ccc3c(c2)C(C)C(C)N3)n1. The summed E-state index contributed by atoms with van der Waals surface area (Å²) in [6, 6.07) is 6.42. The van der Waals surface area contributed by atoms with Gasteiger partial charge in [0.1, 0.15) is 6.61 Å². The zero-order chi connectivity index (χ0) is 24.1. The van der Waals surface area contributed by atoms with Crippen LogP contribution in [0.4, 0.5) is 17.3 Å². The van der Waals surface area contributed by atoms with Crippen LogP contribution in [0.25, 0.3) is 0 Å². The molecule has 3 heterocycles. The van der Waals surface area contributed by atoms with Gasteiger partial charge < -0.3 is 25.0 Å². The van der Waals surface area contributed by atoms with Gasteiger partial charge in [-0.25, -0.2) is 0 Å². The van der Waals surface area contributed by atoms with Gasteiger partial charge in [-0.3, -0.25) is 9.69 Å². The highest BCUT2D eigenvalue weighted by atomic mass is 16.5. The number of aromatic nitrogens is 3. The van der Waals surface area contributed by atoms with Crippen LogP contribution in [0.1, 0.15) is 49.3 Å². The largest absolute Gasteiger partial charge is 0.462 e. The molecule has 2 aliphatic rings. The number of hydrogen-bond acceptors (Lipinski definition) is 9. The summed E-state index contributed by atoms with van der Waals surface area (Å²) in [6.07, 6.45) is 0.927. The van der Waals surface area contributed by atoms with Gasteiger partial charge in [0.2, 0.25) is 11.8 Å². The third-order valence-electron chi connectivity index (χ3n) is 6.38. The summed E-state index contributed by atoms with van der Waals surface area (Å²) < 4.78 is 11.2. The Labute approximate surface area is 201 Å². The number of carbonyl (C=O) groups excluding carboxylic acids is 1. The summed E-state index contributed by atoms with van der Waals surface area (Å²) in [7, 11) is 1.90. The molecule has 1 amide bonds. The molecule has 184 valence electrons. The van der Waals surface area contributed by atoms with Gasteiger partial charge in [0.15, 0.2) is 0 Å². The van der Waals surface area contributed by atoms with Crippen molar-refractivity contribution in [2.75, 3.05) is 68.6 Å². The van der Waals surface area contributed by atoms with E-state index in [0.29, 0.717) is 30.2 Å². The van der Waals surface area contributed by atoms with Crippen LogP contribution in [0, 0.1) is 0 Å². The number of nitrogens with zero attached hydrogens (tertiary/aromatic N) is 5. The molecule has 2 aromatic rings. The number of carbonyl (C=O) groups is 1. The van der Waals surface area contributed by atoms with Crippen LogP contribution in [0.15, 0.2) is 18.2 Å². The molecule has 10 nitrogen and oxygen atoms in total. The van der Waals surface area contributed by atoms with E-state index < -0.39 is 5.91 Å². The summed E-state index contributed by atoms with van der Waals surface area (Å²) in [4.78, 5) is 30.4. The molecule has 2 N–H and O–H groups in total. The minimum Gasteiger partial charge on any atom is -0.462 e.